The van der Waals surface area contributed by atoms with Crippen molar-refractivity contribution in [3.05, 3.63) is 48.6 Å². The predicted octanol–water partition coefficient (Wildman–Crippen LogP) is 3.02. The number of carbonyl (C=O) groups excluding carboxylic acids is 2. The topological polar surface area (TPSA) is 107 Å². The quantitative estimate of drug-likeness (QED) is 0.359. The molecule has 1 spiro atoms. The van der Waals surface area contributed by atoms with Crippen LogP contribution in [0.3, 0.4) is 0 Å². The minimum absolute atomic E-state index is 0.157. The molecule has 8 nitrogen and oxygen atoms in total. The van der Waals surface area contributed by atoms with Crippen LogP contribution in [0.15, 0.2) is 43.0 Å². The Morgan fingerprint density at radius 3 is 2.58 bits per heavy atom. The number of aliphatic carboxylic acids is 1. The first-order chi connectivity index (χ1) is 17.2. The number of aliphatic hydroxyl groups excluding tert-OH is 1. The summed E-state index contributed by atoms with van der Waals surface area (Å²) in [5.74, 6) is -4.04. The maximum absolute atomic E-state index is 14.3. The van der Waals surface area contributed by atoms with E-state index in [9.17, 15) is 24.6 Å². The summed E-state index contributed by atoms with van der Waals surface area (Å²) in [7, 11) is 0. The largest absolute Gasteiger partial charge is 0.481 e. The highest BCUT2D eigenvalue weighted by molar-refractivity contribution is 5.98. The summed E-state index contributed by atoms with van der Waals surface area (Å²) in [5.41, 5.74) is -1.63. The summed E-state index contributed by atoms with van der Waals surface area (Å²) in [6.07, 6.45) is 4.83. The molecule has 2 N–H and O–H groups in total. The lowest BCUT2D eigenvalue weighted by atomic mass is 9.62. The zero-order valence-electron chi connectivity index (χ0n) is 21.4. The zero-order chi connectivity index (χ0) is 26.3. The standard InChI is InChI=1S/C28H38N2O6/c1-5-7-11-15-29(14-6-2)25(33)23-28-16-18(3)27(4,36-28)22(26(34)35)21(28)24(32)30(23)20(17-31)19-12-9-8-10-13-19/h6,8-10,12-13,18,20-23,31H,2,5,7,11,14-17H2,1,3-4H3,(H,34,35)/t18?,20-,21+,22-,23?,27+,28?/m1/s1. The van der Waals surface area contributed by atoms with E-state index >= 15 is 0 Å². The fraction of sp³-hybridized carbons (Fsp3) is 0.607. The molecule has 2 amide bonds. The van der Waals surface area contributed by atoms with Crippen molar-refractivity contribution in [1.29, 1.82) is 0 Å². The number of benzene rings is 1. The third kappa shape index (κ3) is 3.86. The number of hydrogen-bond donors (Lipinski definition) is 2. The van der Waals surface area contributed by atoms with Gasteiger partial charge in [0.15, 0.2) is 0 Å². The van der Waals surface area contributed by atoms with E-state index in [1.54, 1.807) is 30.0 Å². The predicted molar refractivity (Wildman–Crippen MR) is 134 cm³/mol. The molecule has 0 aromatic heterocycles. The van der Waals surface area contributed by atoms with Gasteiger partial charge in [-0.3, -0.25) is 14.4 Å². The second-order valence-electron chi connectivity index (χ2n) is 10.7. The molecule has 3 heterocycles. The van der Waals surface area contributed by atoms with Crippen LogP contribution in [-0.4, -0.2) is 74.7 Å². The van der Waals surface area contributed by atoms with Gasteiger partial charge in [0.1, 0.15) is 17.6 Å². The monoisotopic (exact) mass is 498 g/mol. The molecule has 1 aromatic carbocycles. The number of amides is 2. The average Bonchev–Trinajstić information content (AvgIpc) is 3.36. The number of ether oxygens (including phenoxy) is 1. The normalized spacial score (nSPS) is 33.4. The van der Waals surface area contributed by atoms with Gasteiger partial charge in [-0.2, -0.15) is 0 Å². The van der Waals surface area contributed by atoms with Crippen molar-refractivity contribution in [1.82, 2.24) is 9.80 Å². The molecule has 3 aliphatic rings. The first-order valence-electron chi connectivity index (χ1n) is 13.0. The molecule has 1 aromatic rings. The Labute approximate surface area is 212 Å². The Bertz CT molecular complexity index is 1010. The zero-order valence-corrected chi connectivity index (χ0v) is 21.4. The van der Waals surface area contributed by atoms with Gasteiger partial charge in [-0.1, -0.05) is 63.1 Å². The van der Waals surface area contributed by atoms with Gasteiger partial charge in [0.05, 0.1) is 24.2 Å². The number of carbonyl (C=O) groups is 3. The van der Waals surface area contributed by atoms with E-state index in [2.05, 4.69) is 13.5 Å². The molecule has 3 saturated heterocycles. The third-order valence-corrected chi connectivity index (χ3v) is 8.64. The second kappa shape index (κ2) is 9.98. The summed E-state index contributed by atoms with van der Waals surface area (Å²) in [4.78, 5) is 44.1. The van der Waals surface area contributed by atoms with E-state index in [-0.39, 0.29) is 11.8 Å². The highest BCUT2D eigenvalue weighted by Gasteiger charge is 2.80. The Hall–Kier alpha value is -2.71. The number of fused-ring (bicyclic) bond motifs is 1. The van der Waals surface area contributed by atoms with Crippen molar-refractivity contribution in [3.63, 3.8) is 0 Å². The van der Waals surface area contributed by atoms with E-state index in [4.69, 9.17) is 4.74 Å². The molecule has 7 atom stereocenters. The van der Waals surface area contributed by atoms with Crippen molar-refractivity contribution in [2.75, 3.05) is 19.7 Å². The summed E-state index contributed by atoms with van der Waals surface area (Å²) < 4.78 is 6.58. The maximum Gasteiger partial charge on any atom is 0.310 e. The molecular formula is C28H38N2O6. The molecule has 3 aliphatic heterocycles. The molecule has 36 heavy (non-hydrogen) atoms. The van der Waals surface area contributed by atoms with E-state index in [1.807, 2.05) is 25.1 Å². The lowest BCUT2D eigenvalue weighted by molar-refractivity contribution is -0.160. The van der Waals surface area contributed by atoms with Crippen LogP contribution < -0.4 is 0 Å². The van der Waals surface area contributed by atoms with Crippen LogP contribution in [0.5, 0.6) is 0 Å². The Morgan fingerprint density at radius 1 is 1.31 bits per heavy atom. The average molecular weight is 499 g/mol. The minimum Gasteiger partial charge on any atom is -0.481 e. The summed E-state index contributed by atoms with van der Waals surface area (Å²) >= 11 is 0. The summed E-state index contributed by atoms with van der Waals surface area (Å²) in [6.45, 7) is 10.0. The number of likely N-dealkylation sites (tertiary alicyclic amines) is 1. The highest BCUT2D eigenvalue weighted by Crippen LogP contribution is 2.66. The van der Waals surface area contributed by atoms with Gasteiger partial charge >= 0.3 is 5.97 Å². The van der Waals surface area contributed by atoms with Crippen LogP contribution >= 0.6 is 0 Å². The van der Waals surface area contributed by atoms with Crippen molar-refractivity contribution < 1.29 is 29.3 Å². The SMILES string of the molecule is C=CCN(CCCCC)C(=O)C1N([C@H](CO)c2ccccc2)C(=O)[C@@H]2[C@H](C(=O)O)[C@@]3(C)OC12CC3C. The molecule has 196 valence electrons. The van der Waals surface area contributed by atoms with Crippen LogP contribution in [0.2, 0.25) is 0 Å². The first kappa shape index (κ1) is 26.4. The Balaban J connectivity index is 1.85. The third-order valence-electron chi connectivity index (χ3n) is 8.64. The van der Waals surface area contributed by atoms with Gasteiger partial charge in [-0.25, -0.2) is 0 Å². The van der Waals surface area contributed by atoms with Gasteiger partial charge in [-0.15, -0.1) is 6.58 Å². The number of aliphatic hydroxyl groups is 1. The number of nitrogens with zero attached hydrogens (tertiary/aromatic N) is 2. The fourth-order valence-corrected chi connectivity index (χ4v) is 6.87. The van der Waals surface area contributed by atoms with Gasteiger partial charge < -0.3 is 24.7 Å². The number of hydrogen-bond acceptors (Lipinski definition) is 5. The first-order valence-corrected chi connectivity index (χ1v) is 13.0. The number of carboxylic acids is 1. The summed E-state index contributed by atoms with van der Waals surface area (Å²) in [6, 6.07) is 7.25. The highest BCUT2D eigenvalue weighted by atomic mass is 16.5. The van der Waals surface area contributed by atoms with E-state index in [1.165, 1.54) is 4.90 Å². The molecule has 3 fully saturated rings. The van der Waals surface area contributed by atoms with E-state index in [0.29, 0.717) is 25.1 Å². The lowest BCUT2D eigenvalue weighted by Gasteiger charge is -2.39. The molecule has 0 aliphatic carbocycles. The molecule has 3 unspecified atom stereocenters. The van der Waals surface area contributed by atoms with Gasteiger partial charge in [-0.05, 0) is 31.2 Å². The molecular weight excluding hydrogens is 460 g/mol. The van der Waals surface area contributed by atoms with Gasteiger partial charge in [0, 0.05) is 13.1 Å². The van der Waals surface area contributed by atoms with Crippen molar-refractivity contribution >= 4 is 17.8 Å². The molecule has 0 saturated carbocycles. The minimum atomic E-state index is -1.27. The van der Waals surface area contributed by atoms with Crippen LogP contribution in [0.25, 0.3) is 0 Å². The molecule has 4 rings (SSSR count). The Morgan fingerprint density at radius 2 is 2.00 bits per heavy atom. The van der Waals surface area contributed by atoms with Gasteiger partial charge in [0.2, 0.25) is 11.8 Å². The van der Waals surface area contributed by atoms with Crippen LogP contribution in [0.1, 0.15) is 58.1 Å². The number of unbranched alkanes of at least 4 members (excludes halogenated alkanes) is 2. The number of carboxylic acid groups (broad SMARTS) is 1. The van der Waals surface area contributed by atoms with E-state index in [0.717, 1.165) is 19.3 Å². The van der Waals surface area contributed by atoms with E-state index < -0.39 is 53.6 Å². The maximum atomic E-state index is 14.3. The van der Waals surface area contributed by atoms with Crippen molar-refractivity contribution in [2.45, 2.75) is 69.7 Å². The fourth-order valence-electron chi connectivity index (χ4n) is 6.87. The lowest BCUT2D eigenvalue weighted by Crippen LogP contribution is -2.57. The van der Waals surface area contributed by atoms with Crippen molar-refractivity contribution in [2.24, 2.45) is 17.8 Å². The van der Waals surface area contributed by atoms with Crippen LogP contribution in [-0.2, 0) is 19.1 Å². The molecule has 8 heteroatoms. The van der Waals surface area contributed by atoms with Crippen molar-refractivity contribution in [3.8, 4) is 0 Å². The van der Waals surface area contributed by atoms with Crippen LogP contribution in [0.4, 0.5) is 0 Å². The second-order valence-corrected chi connectivity index (χ2v) is 10.7. The van der Waals surface area contributed by atoms with Crippen LogP contribution in [0, 0.1) is 17.8 Å². The smallest absolute Gasteiger partial charge is 0.310 e. The summed E-state index contributed by atoms with van der Waals surface area (Å²) in [5, 5.41) is 20.7. The Kier molecular flexibility index (Phi) is 7.30. The number of rotatable bonds is 11. The van der Waals surface area contributed by atoms with Gasteiger partial charge in [0.25, 0.3) is 0 Å². The molecule has 2 bridgehead atoms. The molecule has 0 radical (unpaired) electrons.